The quantitative estimate of drug-likeness (QED) is 0.659. The van der Waals surface area contributed by atoms with Gasteiger partial charge in [0.05, 0.1) is 16.3 Å². The van der Waals surface area contributed by atoms with Crippen LogP contribution in [0.4, 0.5) is 11.4 Å². The van der Waals surface area contributed by atoms with Crippen LogP contribution in [0.25, 0.3) is 0 Å². The van der Waals surface area contributed by atoms with Gasteiger partial charge in [0.1, 0.15) is 0 Å². The average molecular weight is 428 g/mol. The third-order valence-electron chi connectivity index (χ3n) is 3.93. The number of thioether (sulfide) groups is 1. The van der Waals surface area contributed by atoms with E-state index in [-0.39, 0.29) is 29.3 Å². The van der Waals surface area contributed by atoms with Crippen molar-refractivity contribution in [3.63, 3.8) is 0 Å². The van der Waals surface area contributed by atoms with Gasteiger partial charge in [-0.15, -0.1) is 12.4 Å². The van der Waals surface area contributed by atoms with Gasteiger partial charge in [-0.3, -0.25) is 9.52 Å². The molecule has 1 saturated heterocycles. The second-order valence-corrected chi connectivity index (χ2v) is 8.77. The molecule has 1 atom stereocenters. The van der Waals surface area contributed by atoms with Crippen LogP contribution in [0.1, 0.15) is 6.42 Å². The molecule has 1 aliphatic rings. The number of halogens is 1. The first-order valence-electron chi connectivity index (χ1n) is 8.32. The Morgan fingerprint density at radius 2 is 1.74 bits per heavy atom. The van der Waals surface area contributed by atoms with E-state index in [4.69, 9.17) is 0 Å². The fraction of sp³-hybridized carbons (Fsp3) is 0.278. The summed E-state index contributed by atoms with van der Waals surface area (Å²) in [5.74, 6) is 1.81. The number of anilines is 2. The Labute approximate surface area is 170 Å². The Morgan fingerprint density at radius 3 is 2.41 bits per heavy atom. The molecule has 3 rings (SSSR count). The molecule has 0 spiro atoms. The number of carbonyl (C=O) groups excluding carboxylic acids is 1. The Balaban J connectivity index is 0.00000261. The highest BCUT2D eigenvalue weighted by molar-refractivity contribution is 7.99. The lowest BCUT2D eigenvalue weighted by molar-refractivity contribution is -0.116. The second-order valence-electron chi connectivity index (χ2n) is 5.94. The highest BCUT2D eigenvalue weighted by Gasteiger charge is 2.19. The second kappa shape index (κ2) is 9.98. The Bertz CT molecular complexity index is 857. The lowest BCUT2D eigenvalue weighted by Crippen LogP contribution is -2.39. The number of hydrogen-bond donors (Lipinski definition) is 3. The molecule has 0 aromatic heterocycles. The molecule has 146 valence electrons. The summed E-state index contributed by atoms with van der Waals surface area (Å²) in [7, 11) is -3.72. The third kappa shape index (κ3) is 6.14. The number of nitrogens with one attached hydrogen (secondary N) is 3. The van der Waals surface area contributed by atoms with Crippen LogP contribution in [-0.2, 0) is 14.8 Å². The summed E-state index contributed by atoms with van der Waals surface area (Å²) in [5.41, 5.74) is 0.788. The van der Waals surface area contributed by atoms with Gasteiger partial charge < -0.3 is 10.6 Å². The number of hydrogen-bond acceptors (Lipinski definition) is 5. The Morgan fingerprint density at radius 1 is 1.07 bits per heavy atom. The fourth-order valence-electron chi connectivity index (χ4n) is 2.66. The van der Waals surface area contributed by atoms with Crippen molar-refractivity contribution in [3.8, 4) is 0 Å². The molecular formula is C18H22ClN3O3S2. The number of carbonyl (C=O) groups is 1. The zero-order chi connectivity index (χ0) is 18.4. The van der Waals surface area contributed by atoms with E-state index in [0.29, 0.717) is 17.8 Å². The normalized spacial score (nSPS) is 16.8. The van der Waals surface area contributed by atoms with E-state index in [1.807, 2.05) is 11.8 Å². The van der Waals surface area contributed by atoms with Crippen LogP contribution in [0.5, 0.6) is 0 Å². The molecule has 2 aromatic carbocycles. The molecule has 0 aliphatic carbocycles. The van der Waals surface area contributed by atoms with Crippen LogP contribution in [0.2, 0.25) is 0 Å². The summed E-state index contributed by atoms with van der Waals surface area (Å²) in [5, 5.41) is 6.13. The molecule has 1 heterocycles. The largest absolute Gasteiger partial charge is 0.324 e. The SMILES string of the molecule is Cl.O=C(CC1CSCCN1)Nc1ccccc1NS(=O)(=O)c1ccccc1. The maximum absolute atomic E-state index is 12.5. The highest BCUT2D eigenvalue weighted by atomic mass is 35.5. The Hall–Kier alpha value is -1.74. The van der Waals surface area contributed by atoms with Crippen molar-refractivity contribution in [2.24, 2.45) is 0 Å². The summed E-state index contributed by atoms with van der Waals surface area (Å²) in [4.78, 5) is 12.5. The van der Waals surface area contributed by atoms with Crippen molar-refractivity contribution in [2.45, 2.75) is 17.4 Å². The zero-order valence-electron chi connectivity index (χ0n) is 14.6. The zero-order valence-corrected chi connectivity index (χ0v) is 17.0. The van der Waals surface area contributed by atoms with E-state index in [1.165, 1.54) is 12.1 Å². The lowest BCUT2D eigenvalue weighted by Gasteiger charge is -2.22. The molecule has 3 N–H and O–H groups in total. The molecule has 1 amide bonds. The van der Waals surface area contributed by atoms with Crippen LogP contribution < -0.4 is 15.4 Å². The van der Waals surface area contributed by atoms with Crippen LogP contribution in [0, 0.1) is 0 Å². The Kier molecular flexibility index (Phi) is 7.97. The standard InChI is InChI=1S/C18H21N3O3S2.ClH/c22-18(12-14-13-25-11-10-19-14)20-16-8-4-5-9-17(16)21-26(23,24)15-6-2-1-3-7-15;/h1-9,14,19,21H,10-13H2,(H,20,22);1H. The summed E-state index contributed by atoms with van der Waals surface area (Å²) in [6.45, 7) is 0.899. The minimum absolute atomic E-state index is 0. The van der Waals surface area contributed by atoms with Crippen LogP contribution >= 0.6 is 24.2 Å². The maximum atomic E-state index is 12.5. The van der Waals surface area contributed by atoms with Crippen molar-refractivity contribution in [1.82, 2.24) is 5.32 Å². The number of benzene rings is 2. The molecule has 2 aromatic rings. The van der Waals surface area contributed by atoms with E-state index in [9.17, 15) is 13.2 Å². The average Bonchev–Trinajstić information content (AvgIpc) is 2.65. The number of rotatable bonds is 6. The fourth-order valence-corrected chi connectivity index (χ4v) is 4.71. The first-order chi connectivity index (χ1) is 12.5. The number of sulfonamides is 1. The van der Waals surface area contributed by atoms with E-state index >= 15 is 0 Å². The number of amides is 1. The third-order valence-corrected chi connectivity index (χ3v) is 6.44. The highest BCUT2D eigenvalue weighted by Crippen LogP contribution is 2.25. The van der Waals surface area contributed by atoms with Gasteiger partial charge >= 0.3 is 0 Å². The van der Waals surface area contributed by atoms with Gasteiger partial charge in [-0.05, 0) is 24.3 Å². The van der Waals surface area contributed by atoms with Gasteiger partial charge in [0, 0.05) is 30.5 Å². The lowest BCUT2D eigenvalue weighted by atomic mass is 10.2. The van der Waals surface area contributed by atoms with Crippen molar-refractivity contribution in [3.05, 3.63) is 54.6 Å². The van der Waals surface area contributed by atoms with Crippen molar-refractivity contribution in [1.29, 1.82) is 0 Å². The molecule has 1 unspecified atom stereocenters. The van der Waals surface area contributed by atoms with Crippen molar-refractivity contribution >= 4 is 51.5 Å². The van der Waals surface area contributed by atoms with Gasteiger partial charge in [-0.1, -0.05) is 30.3 Å². The molecule has 6 nitrogen and oxygen atoms in total. The van der Waals surface area contributed by atoms with Gasteiger partial charge in [0.25, 0.3) is 10.0 Å². The van der Waals surface area contributed by atoms with Crippen molar-refractivity contribution < 1.29 is 13.2 Å². The monoisotopic (exact) mass is 427 g/mol. The molecule has 27 heavy (non-hydrogen) atoms. The van der Waals surface area contributed by atoms with Gasteiger partial charge in [-0.25, -0.2) is 8.42 Å². The minimum Gasteiger partial charge on any atom is -0.324 e. The molecule has 0 saturated carbocycles. The van der Waals surface area contributed by atoms with Crippen molar-refractivity contribution in [2.75, 3.05) is 28.1 Å². The molecular weight excluding hydrogens is 406 g/mol. The molecule has 1 aliphatic heterocycles. The summed E-state index contributed by atoms with van der Waals surface area (Å²) in [6, 6.07) is 15.1. The van der Waals surface area contributed by atoms with E-state index < -0.39 is 10.0 Å². The van der Waals surface area contributed by atoms with E-state index in [1.54, 1.807) is 42.5 Å². The summed E-state index contributed by atoms with van der Waals surface area (Å²) in [6.07, 6.45) is 0.354. The van der Waals surface area contributed by atoms with Gasteiger partial charge in [0.15, 0.2) is 0 Å². The first kappa shape index (κ1) is 21.6. The summed E-state index contributed by atoms with van der Waals surface area (Å²) >= 11 is 1.83. The molecule has 0 radical (unpaired) electrons. The van der Waals surface area contributed by atoms with E-state index in [0.717, 1.165) is 18.1 Å². The van der Waals surface area contributed by atoms with Gasteiger partial charge in [0.2, 0.25) is 5.91 Å². The predicted molar refractivity (Wildman–Crippen MR) is 113 cm³/mol. The topological polar surface area (TPSA) is 87.3 Å². The number of para-hydroxylation sites is 2. The van der Waals surface area contributed by atoms with E-state index in [2.05, 4.69) is 15.4 Å². The molecule has 1 fully saturated rings. The van der Waals surface area contributed by atoms with Crippen LogP contribution in [0.3, 0.4) is 0 Å². The molecule has 9 heteroatoms. The molecule has 0 bridgehead atoms. The summed E-state index contributed by atoms with van der Waals surface area (Å²) < 4.78 is 27.6. The smallest absolute Gasteiger partial charge is 0.261 e. The minimum atomic E-state index is -3.72. The maximum Gasteiger partial charge on any atom is 0.261 e. The van der Waals surface area contributed by atoms with Crippen LogP contribution in [0.15, 0.2) is 59.5 Å². The van der Waals surface area contributed by atoms with Gasteiger partial charge in [-0.2, -0.15) is 11.8 Å². The first-order valence-corrected chi connectivity index (χ1v) is 11.0. The van der Waals surface area contributed by atoms with Crippen LogP contribution in [-0.4, -0.2) is 38.4 Å². The predicted octanol–water partition coefficient (Wildman–Crippen LogP) is 2.94.